The molecule has 0 radical (unpaired) electrons. The zero-order valence-electron chi connectivity index (χ0n) is 8.18. The number of rotatable bonds is 4. The first-order valence-electron chi connectivity index (χ1n) is 4.24. The van der Waals surface area contributed by atoms with Crippen molar-refractivity contribution in [2.45, 2.75) is 10.4 Å². The Morgan fingerprint density at radius 3 is 2.33 bits per heavy atom. The molecule has 0 fully saturated rings. The fourth-order valence-corrected chi connectivity index (χ4v) is 2.10. The molecule has 1 unspecified atom stereocenters. The molecule has 0 aliphatic carbocycles. The molecule has 6 heteroatoms. The van der Waals surface area contributed by atoms with Gasteiger partial charge in [0.2, 0.25) is 15.3 Å². The second kappa shape index (κ2) is 4.59. The van der Waals surface area contributed by atoms with E-state index in [9.17, 15) is 12.8 Å². The van der Waals surface area contributed by atoms with E-state index in [0.29, 0.717) is 5.75 Å². The van der Waals surface area contributed by atoms with Crippen molar-refractivity contribution in [3.63, 3.8) is 0 Å². The van der Waals surface area contributed by atoms with Crippen molar-refractivity contribution in [2.75, 3.05) is 13.7 Å². The molecule has 0 saturated carbocycles. The third-order valence-corrected chi connectivity index (χ3v) is 3.71. The highest BCUT2D eigenvalue weighted by Gasteiger charge is 2.25. The molecular formula is C9H12FNO3S. The molecule has 0 aromatic heterocycles. The van der Waals surface area contributed by atoms with Crippen molar-refractivity contribution in [1.29, 1.82) is 0 Å². The van der Waals surface area contributed by atoms with Gasteiger partial charge in [-0.1, -0.05) is 0 Å². The molecule has 0 amide bonds. The number of ether oxygens (including phenoxy) is 1. The normalized spacial score (nSPS) is 13.5. The molecule has 0 saturated heterocycles. The van der Waals surface area contributed by atoms with Crippen LogP contribution in [-0.4, -0.2) is 27.6 Å². The minimum atomic E-state index is -3.96. The van der Waals surface area contributed by atoms with Gasteiger partial charge in [0.25, 0.3) is 0 Å². The summed E-state index contributed by atoms with van der Waals surface area (Å²) in [5.41, 5.74) is 2.91. The summed E-state index contributed by atoms with van der Waals surface area (Å²) in [5, 5.41) is 0. The fourth-order valence-electron chi connectivity index (χ4n) is 1.04. The third kappa shape index (κ3) is 2.45. The van der Waals surface area contributed by atoms with Crippen LogP contribution in [0.3, 0.4) is 0 Å². The van der Waals surface area contributed by atoms with Gasteiger partial charge in [0.1, 0.15) is 5.75 Å². The first-order chi connectivity index (χ1) is 7.02. The van der Waals surface area contributed by atoms with Gasteiger partial charge in [0, 0.05) is 6.54 Å². The molecule has 1 atom stereocenters. The zero-order chi connectivity index (χ0) is 11.5. The van der Waals surface area contributed by atoms with Gasteiger partial charge in [-0.25, -0.2) is 12.8 Å². The van der Waals surface area contributed by atoms with Crippen molar-refractivity contribution in [3.05, 3.63) is 24.3 Å². The highest BCUT2D eigenvalue weighted by molar-refractivity contribution is 7.92. The first kappa shape index (κ1) is 11.9. The predicted octanol–water partition coefficient (Wildman–Crippen LogP) is 0.723. The quantitative estimate of drug-likeness (QED) is 0.832. The Bertz CT molecular complexity index is 415. The van der Waals surface area contributed by atoms with E-state index >= 15 is 0 Å². The van der Waals surface area contributed by atoms with E-state index in [4.69, 9.17) is 10.5 Å². The molecule has 0 aliphatic rings. The zero-order valence-corrected chi connectivity index (χ0v) is 9.00. The second-order valence-electron chi connectivity index (χ2n) is 2.87. The van der Waals surface area contributed by atoms with Crippen LogP contribution >= 0.6 is 0 Å². The molecule has 15 heavy (non-hydrogen) atoms. The second-order valence-corrected chi connectivity index (χ2v) is 4.94. The van der Waals surface area contributed by atoms with Crippen LogP contribution in [0.25, 0.3) is 0 Å². The smallest absolute Gasteiger partial charge is 0.217 e. The number of benzene rings is 1. The Balaban J connectivity index is 3.06. The number of nitrogens with two attached hydrogens (primary N) is 1. The van der Waals surface area contributed by atoms with E-state index in [1.165, 1.54) is 31.4 Å². The molecule has 0 heterocycles. The lowest BCUT2D eigenvalue weighted by Crippen LogP contribution is -2.25. The molecule has 2 N–H and O–H groups in total. The standard InChI is InChI=1S/C9H12FNO3S/c1-14-7-2-4-8(5-3-7)15(12,13)9(10)6-11/h2-5,9H,6,11H2,1H3. The lowest BCUT2D eigenvalue weighted by atomic mass is 10.3. The first-order valence-corrected chi connectivity index (χ1v) is 5.79. The summed E-state index contributed by atoms with van der Waals surface area (Å²) in [6, 6.07) is 5.49. The number of hydrogen-bond acceptors (Lipinski definition) is 4. The summed E-state index contributed by atoms with van der Waals surface area (Å²) in [7, 11) is -2.50. The monoisotopic (exact) mass is 233 g/mol. The van der Waals surface area contributed by atoms with Crippen LogP contribution in [0.5, 0.6) is 5.75 Å². The Hall–Kier alpha value is -1.14. The van der Waals surface area contributed by atoms with Crippen LogP contribution in [0.15, 0.2) is 29.2 Å². The van der Waals surface area contributed by atoms with Crippen molar-refractivity contribution < 1.29 is 17.5 Å². The lowest BCUT2D eigenvalue weighted by Gasteiger charge is -2.07. The topological polar surface area (TPSA) is 69.4 Å². The Labute approximate surface area is 87.8 Å². The maximum Gasteiger partial charge on any atom is 0.217 e. The number of sulfone groups is 1. The molecule has 1 rings (SSSR count). The number of hydrogen-bond donors (Lipinski definition) is 1. The highest BCUT2D eigenvalue weighted by Crippen LogP contribution is 2.19. The summed E-state index contributed by atoms with van der Waals surface area (Å²) in [6.45, 7) is -0.547. The number of alkyl halides is 1. The maximum absolute atomic E-state index is 13.0. The highest BCUT2D eigenvalue weighted by atomic mass is 32.2. The van der Waals surface area contributed by atoms with Crippen molar-refractivity contribution in [3.8, 4) is 5.75 Å². The molecule has 84 valence electrons. The van der Waals surface area contributed by atoms with Crippen LogP contribution in [0.4, 0.5) is 4.39 Å². The minimum Gasteiger partial charge on any atom is -0.497 e. The van der Waals surface area contributed by atoms with Gasteiger partial charge in [-0.2, -0.15) is 0 Å². The maximum atomic E-state index is 13.0. The van der Waals surface area contributed by atoms with E-state index in [1.54, 1.807) is 0 Å². The van der Waals surface area contributed by atoms with Gasteiger partial charge in [-0.3, -0.25) is 0 Å². The summed E-state index contributed by atoms with van der Waals surface area (Å²) >= 11 is 0. The summed E-state index contributed by atoms with van der Waals surface area (Å²) in [6.07, 6.45) is 0. The summed E-state index contributed by atoms with van der Waals surface area (Å²) < 4.78 is 40.8. The lowest BCUT2D eigenvalue weighted by molar-refractivity contribution is 0.413. The van der Waals surface area contributed by atoms with Crippen LogP contribution < -0.4 is 10.5 Å². The molecule has 0 bridgehead atoms. The van der Waals surface area contributed by atoms with Crippen molar-refractivity contribution in [2.24, 2.45) is 5.73 Å². The van der Waals surface area contributed by atoms with Gasteiger partial charge in [-0.05, 0) is 24.3 Å². The van der Waals surface area contributed by atoms with E-state index in [2.05, 4.69) is 0 Å². The average Bonchev–Trinajstić information content (AvgIpc) is 2.28. The van der Waals surface area contributed by atoms with Crippen molar-refractivity contribution >= 4 is 9.84 Å². The van der Waals surface area contributed by atoms with E-state index in [-0.39, 0.29) is 4.90 Å². The molecule has 0 aliphatic heterocycles. The van der Waals surface area contributed by atoms with Gasteiger partial charge in [0.05, 0.1) is 12.0 Å². The SMILES string of the molecule is COc1ccc(S(=O)(=O)C(F)CN)cc1. The molecule has 0 spiro atoms. The minimum absolute atomic E-state index is 0.0961. The summed E-state index contributed by atoms with van der Waals surface area (Å²) in [5.74, 6) is 0.511. The van der Waals surface area contributed by atoms with Crippen LogP contribution in [0.2, 0.25) is 0 Å². The van der Waals surface area contributed by atoms with Gasteiger partial charge in [-0.15, -0.1) is 0 Å². The predicted molar refractivity (Wildman–Crippen MR) is 54.1 cm³/mol. The van der Waals surface area contributed by atoms with Crippen molar-refractivity contribution in [1.82, 2.24) is 0 Å². The van der Waals surface area contributed by atoms with Gasteiger partial charge in [0.15, 0.2) is 0 Å². The molecule has 4 nitrogen and oxygen atoms in total. The van der Waals surface area contributed by atoms with E-state index in [0.717, 1.165) is 0 Å². The van der Waals surface area contributed by atoms with Crippen LogP contribution in [-0.2, 0) is 9.84 Å². The van der Waals surface area contributed by atoms with E-state index in [1.807, 2.05) is 0 Å². The molecule has 1 aromatic carbocycles. The Kier molecular flexibility index (Phi) is 3.65. The van der Waals surface area contributed by atoms with Crippen LogP contribution in [0.1, 0.15) is 0 Å². The molecular weight excluding hydrogens is 221 g/mol. The average molecular weight is 233 g/mol. The largest absolute Gasteiger partial charge is 0.497 e. The summed E-state index contributed by atoms with van der Waals surface area (Å²) in [4.78, 5) is -0.0961. The number of methoxy groups -OCH3 is 1. The Morgan fingerprint density at radius 1 is 1.40 bits per heavy atom. The van der Waals surface area contributed by atoms with Gasteiger partial charge >= 0.3 is 0 Å². The Morgan fingerprint density at radius 2 is 1.93 bits per heavy atom. The van der Waals surface area contributed by atoms with E-state index < -0.39 is 21.9 Å². The third-order valence-electron chi connectivity index (χ3n) is 1.91. The van der Waals surface area contributed by atoms with Gasteiger partial charge < -0.3 is 10.5 Å². The molecule has 1 aromatic rings. The number of halogens is 1. The van der Waals surface area contributed by atoms with Crippen LogP contribution in [0, 0.1) is 0 Å². The fraction of sp³-hybridized carbons (Fsp3) is 0.333.